The summed E-state index contributed by atoms with van der Waals surface area (Å²) < 4.78 is 40.7. The van der Waals surface area contributed by atoms with E-state index >= 15 is 0 Å². The molecule has 0 aliphatic heterocycles. The second-order valence-corrected chi connectivity index (χ2v) is 5.21. The zero-order valence-electron chi connectivity index (χ0n) is 11.1. The molecule has 0 amide bonds. The Morgan fingerprint density at radius 2 is 1.80 bits per heavy atom. The Balaban J connectivity index is 2.26. The lowest BCUT2D eigenvalue weighted by molar-refractivity contribution is 0.452. The molecule has 0 radical (unpaired) electrons. The minimum Gasteiger partial charge on any atom is -0.388 e. The first-order valence-electron chi connectivity index (χ1n) is 6.77. The van der Waals surface area contributed by atoms with E-state index in [1.54, 1.807) is 7.05 Å². The molecule has 0 bridgehead atoms. The Morgan fingerprint density at radius 3 is 2.45 bits per heavy atom. The zero-order chi connectivity index (χ0) is 14.3. The second kappa shape index (κ2) is 4.96. The highest BCUT2D eigenvalue weighted by atomic mass is 19.2. The van der Waals surface area contributed by atoms with Crippen molar-refractivity contribution in [3.8, 4) is 0 Å². The molecule has 20 heavy (non-hydrogen) atoms. The van der Waals surface area contributed by atoms with Crippen molar-refractivity contribution in [1.82, 2.24) is 4.98 Å². The molecule has 2 aromatic rings. The normalized spacial score (nSPS) is 16.0. The van der Waals surface area contributed by atoms with Crippen LogP contribution < -0.4 is 5.32 Å². The van der Waals surface area contributed by atoms with Crippen LogP contribution in [0.1, 0.15) is 37.3 Å². The van der Waals surface area contributed by atoms with Crippen LogP contribution in [0.3, 0.4) is 0 Å². The number of fused-ring (bicyclic) bond motifs is 1. The molecule has 1 aliphatic rings. The third-order valence-corrected chi connectivity index (χ3v) is 4.00. The summed E-state index contributed by atoms with van der Waals surface area (Å²) >= 11 is 0. The van der Waals surface area contributed by atoms with Gasteiger partial charge in [0, 0.05) is 29.7 Å². The first-order chi connectivity index (χ1) is 9.61. The van der Waals surface area contributed by atoms with Gasteiger partial charge in [0.2, 0.25) is 0 Å². The molecule has 1 aromatic carbocycles. The van der Waals surface area contributed by atoms with Crippen LogP contribution in [-0.4, -0.2) is 12.0 Å². The summed E-state index contributed by atoms with van der Waals surface area (Å²) in [6.45, 7) is 0. The van der Waals surface area contributed by atoms with E-state index in [9.17, 15) is 13.2 Å². The fourth-order valence-electron chi connectivity index (χ4n) is 2.92. The standard InChI is InChI=1S/C15H15F3N2/c1-19-12-7-11(8-4-2-3-5-8)20-15-9(12)6-10(16)13(17)14(15)18/h6-8H,2-5H2,1H3,(H,19,20). The molecular formula is C15H15F3N2. The highest BCUT2D eigenvalue weighted by molar-refractivity contribution is 5.92. The lowest BCUT2D eigenvalue weighted by Gasteiger charge is -2.14. The van der Waals surface area contributed by atoms with Crippen molar-refractivity contribution in [1.29, 1.82) is 0 Å². The van der Waals surface area contributed by atoms with E-state index in [4.69, 9.17) is 0 Å². The van der Waals surface area contributed by atoms with Crippen LogP contribution in [-0.2, 0) is 0 Å². The van der Waals surface area contributed by atoms with Gasteiger partial charge in [0.1, 0.15) is 5.52 Å². The Labute approximate surface area is 115 Å². The summed E-state index contributed by atoms with van der Waals surface area (Å²) in [6, 6.07) is 2.81. The molecule has 0 atom stereocenters. The predicted octanol–water partition coefficient (Wildman–Crippen LogP) is 4.35. The molecule has 1 N–H and O–H groups in total. The summed E-state index contributed by atoms with van der Waals surface area (Å²) in [5.74, 6) is -3.59. The number of nitrogens with one attached hydrogen (secondary N) is 1. The van der Waals surface area contributed by atoms with Crippen LogP contribution in [0.15, 0.2) is 12.1 Å². The number of aromatic nitrogens is 1. The third-order valence-electron chi connectivity index (χ3n) is 4.00. The largest absolute Gasteiger partial charge is 0.388 e. The van der Waals surface area contributed by atoms with E-state index in [1.807, 2.05) is 6.07 Å². The number of pyridine rings is 1. The van der Waals surface area contributed by atoms with Gasteiger partial charge >= 0.3 is 0 Å². The number of nitrogens with zero attached hydrogens (tertiary/aromatic N) is 1. The molecule has 1 fully saturated rings. The first kappa shape index (κ1) is 13.2. The molecule has 1 saturated carbocycles. The molecule has 0 saturated heterocycles. The van der Waals surface area contributed by atoms with Gasteiger partial charge in [-0.2, -0.15) is 0 Å². The summed E-state index contributed by atoms with van der Waals surface area (Å²) in [5.41, 5.74) is 1.23. The maximum atomic E-state index is 13.9. The summed E-state index contributed by atoms with van der Waals surface area (Å²) in [4.78, 5) is 4.25. The molecule has 0 unspecified atom stereocenters. The van der Waals surface area contributed by atoms with Crippen molar-refractivity contribution < 1.29 is 13.2 Å². The van der Waals surface area contributed by atoms with Crippen LogP contribution in [0, 0.1) is 17.5 Å². The van der Waals surface area contributed by atoms with Crippen molar-refractivity contribution in [3.63, 3.8) is 0 Å². The quantitative estimate of drug-likeness (QED) is 0.827. The smallest absolute Gasteiger partial charge is 0.196 e. The first-order valence-corrected chi connectivity index (χ1v) is 6.77. The molecule has 1 aliphatic carbocycles. The van der Waals surface area contributed by atoms with Gasteiger partial charge in [0.25, 0.3) is 0 Å². The van der Waals surface area contributed by atoms with E-state index in [-0.39, 0.29) is 16.8 Å². The monoisotopic (exact) mass is 280 g/mol. The van der Waals surface area contributed by atoms with Crippen molar-refractivity contribution in [2.45, 2.75) is 31.6 Å². The van der Waals surface area contributed by atoms with Gasteiger partial charge < -0.3 is 5.32 Å². The van der Waals surface area contributed by atoms with Gasteiger partial charge in [0.05, 0.1) is 0 Å². The van der Waals surface area contributed by atoms with Crippen molar-refractivity contribution in [2.75, 3.05) is 12.4 Å². The lowest BCUT2D eigenvalue weighted by Crippen LogP contribution is -2.03. The number of halogens is 3. The minimum absolute atomic E-state index is 0.0994. The molecule has 0 spiro atoms. The number of anilines is 1. The van der Waals surface area contributed by atoms with Gasteiger partial charge in [0.15, 0.2) is 17.5 Å². The molecule has 2 nitrogen and oxygen atoms in total. The topological polar surface area (TPSA) is 24.9 Å². The lowest BCUT2D eigenvalue weighted by atomic mass is 10.0. The summed E-state index contributed by atoms with van der Waals surface area (Å²) in [5, 5.41) is 3.18. The Kier molecular flexibility index (Phi) is 3.28. The highest BCUT2D eigenvalue weighted by Gasteiger charge is 2.22. The van der Waals surface area contributed by atoms with E-state index in [1.165, 1.54) is 0 Å². The van der Waals surface area contributed by atoms with Gasteiger partial charge in [-0.05, 0) is 25.0 Å². The third kappa shape index (κ3) is 2.01. The van der Waals surface area contributed by atoms with Crippen LogP contribution >= 0.6 is 0 Å². The Bertz CT molecular complexity index is 664. The second-order valence-electron chi connectivity index (χ2n) is 5.21. The van der Waals surface area contributed by atoms with E-state index < -0.39 is 17.5 Å². The molecule has 106 valence electrons. The van der Waals surface area contributed by atoms with Crippen LogP contribution in [0.2, 0.25) is 0 Å². The van der Waals surface area contributed by atoms with Crippen LogP contribution in [0.5, 0.6) is 0 Å². The fraction of sp³-hybridized carbons (Fsp3) is 0.400. The molecule has 3 rings (SSSR count). The van der Waals surface area contributed by atoms with Crippen LogP contribution in [0.25, 0.3) is 10.9 Å². The molecule has 1 aromatic heterocycles. The van der Waals surface area contributed by atoms with Gasteiger partial charge in [-0.3, -0.25) is 0 Å². The van der Waals surface area contributed by atoms with Crippen LogP contribution in [0.4, 0.5) is 18.9 Å². The van der Waals surface area contributed by atoms with Gasteiger partial charge in [-0.1, -0.05) is 12.8 Å². The van der Waals surface area contributed by atoms with Crippen molar-refractivity contribution in [2.24, 2.45) is 0 Å². The fourth-order valence-corrected chi connectivity index (χ4v) is 2.92. The maximum absolute atomic E-state index is 13.9. The molecule has 1 heterocycles. The average Bonchev–Trinajstić information content (AvgIpc) is 2.98. The maximum Gasteiger partial charge on any atom is 0.196 e. The minimum atomic E-state index is -1.46. The molecular weight excluding hydrogens is 265 g/mol. The SMILES string of the molecule is CNc1cc(C2CCCC2)nc2c(F)c(F)c(F)cc12. The van der Waals surface area contributed by atoms with Gasteiger partial charge in [-0.25, -0.2) is 18.2 Å². The van der Waals surface area contributed by atoms with E-state index in [0.29, 0.717) is 5.69 Å². The number of rotatable bonds is 2. The zero-order valence-corrected chi connectivity index (χ0v) is 11.1. The summed E-state index contributed by atoms with van der Waals surface area (Å²) in [6.07, 6.45) is 4.26. The predicted molar refractivity (Wildman–Crippen MR) is 72.4 cm³/mol. The van der Waals surface area contributed by atoms with Crippen molar-refractivity contribution >= 4 is 16.6 Å². The molecule has 5 heteroatoms. The van der Waals surface area contributed by atoms with E-state index in [0.717, 1.165) is 37.4 Å². The van der Waals surface area contributed by atoms with Gasteiger partial charge in [-0.15, -0.1) is 0 Å². The van der Waals surface area contributed by atoms with Crippen molar-refractivity contribution in [3.05, 3.63) is 35.3 Å². The number of hydrogen-bond acceptors (Lipinski definition) is 2. The Morgan fingerprint density at radius 1 is 1.10 bits per heavy atom. The summed E-state index contributed by atoms with van der Waals surface area (Å²) in [7, 11) is 1.67. The number of benzene rings is 1. The Hall–Kier alpha value is -1.78. The highest BCUT2D eigenvalue weighted by Crippen LogP contribution is 2.37. The number of hydrogen-bond donors (Lipinski definition) is 1. The average molecular weight is 280 g/mol. The van der Waals surface area contributed by atoms with E-state index in [2.05, 4.69) is 10.3 Å².